The van der Waals surface area contributed by atoms with E-state index < -0.39 is 5.92 Å². The maximum atomic E-state index is 12.3. The third-order valence-electron chi connectivity index (χ3n) is 4.48. The van der Waals surface area contributed by atoms with Crippen LogP contribution in [0.4, 0.5) is 8.78 Å². The van der Waals surface area contributed by atoms with E-state index in [-0.39, 0.29) is 6.42 Å². The second-order valence-electron chi connectivity index (χ2n) is 6.74. The molecule has 0 radical (unpaired) electrons. The summed E-state index contributed by atoms with van der Waals surface area (Å²) in [5, 5.41) is 0. The molecule has 2 heteroatoms. The summed E-state index contributed by atoms with van der Waals surface area (Å²) in [6.45, 7) is 9.46. The Balaban J connectivity index is 0.000000356. The summed E-state index contributed by atoms with van der Waals surface area (Å²) in [7, 11) is 0. The molecule has 1 aliphatic rings. The van der Waals surface area contributed by atoms with Crippen molar-refractivity contribution in [1.82, 2.24) is 0 Å². The molecule has 1 atom stereocenters. The molecule has 1 saturated carbocycles. The first-order chi connectivity index (χ1) is 8.76. The van der Waals surface area contributed by atoms with Crippen molar-refractivity contribution < 1.29 is 8.78 Å². The summed E-state index contributed by atoms with van der Waals surface area (Å²) in [6, 6.07) is 0. The molecular weight excluding hydrogens is 242 g/mol. The van der Waals surface area contributed by atoms with Gasteiger partial charge in [0.2, 0.25) is 5.92 Å². The van der Waals surface area contributed by atoms with Crippen LogP contribution in [0, 0.1) is 17.8 Å². The Kier molecular flexibility index (Phi) is 9.64. The van der Waals surface area contributed by atoms with Crippen LogP contribution in [0.1, 0.15) is 86.0 Å². The summed E-state index contributed by atoms with van der Waals surface area (Å²) >= 11 is 0. The molecule has 1 fully saturated rings. The van der Waals surface area contributed by atoms with Crippen LogP contribution in [-0.4, -0.2) is 5.92 Å². The highest BCUT2D eigenvalue weighted by Gasteiger charge is 2.22. The van der Waals surface area contributed by atoms with Gasteiger partial charge in [-0.1, -0.05) is 66.2 Å². The average molecular weight is 276 g/mol. The van der Waals surface area contributed by atoms with Gasteiger partial charge in [0, 0.05) is 6.42 Å². The van der Waals surface area contributed by atoms with E-state index in [9.17, 15) is 8.78 Å². The highest BCUT2D eigenvalue weighted by molar-refractivity contribution is 4.64. The molecule has 1 unspecified atom stereocenters. The van der Waals surface area contributed by atoms with E-state index in [1.165, 1.54) is 38.5 Å². The summed E-state index contributed by atoms with van der Waals surface area (Å²) in [5.41, 5.74) is 0. The molecule has 0 heterocycles. The van der Waals surface area contributed by atoms with Gasteiger partial charge in [0.15, 0.2) is 0 Å². The average Bonchev–Trinajstić information content (AvgIpc) is 2.36. The van der Waals surface area contributed by atoms with E-state index in [4.69, 9.17) is 0 Å². The normalized spacial score (nSPS) is 18.9. The van der Waals surface area contributed by atoms with Crippen molar-refractivity contribution in [2.45, 2.75) is 91.9 Å². The van der Waals surface area contributed by atoms with Crippen LogP contribution >= 0.6 is 0 Å². The molecule has 19 heavy (non-hydrogen) atoms. The van der Waals surface area contributed by atoms with Crippen LogP contribution < -0.4 is 0 Å². The molecule has 0 bridgehead atoms. The van der Waals surface area contributed by atoms with Crippen molar-refractivity contribution in [3.05, 3.63) is 0 Å². The molecule has 0 spiro atoms. The zero-order chi connectivity index (χ0) is 14.9. The molecular formula is C17H34F2. The van der Waals surface area contributed by atoms with Crippen molar-refractivity contribution in [3.8, 4) is 0 Å². The molecule has 0 N–H and O–H groups in total. The fourth-order valence-corrected chi connectivity index (χ4v) is 2.41. The highest BCUT2D eigenvalue weighted by Crippen LogP contribution is 2.25. The molecule has 1 rings (SSSR count). The second-order valence-corrected chi connectivity index (χ2v) is 6.74. The molecule has 116 valence electrons. The van der Waals surface area contributed by atoms with Gasteiger partial charge in [-0.15, -0.1) is 0 Å². The van der Waals surface area contributed by atoms with E-state index in [1.807, 2.05) is 6.92 Å². The number of alkyl halides is 2. The van der Waals surface area contributed by atoms with E-state index >= 15 is 0 Å². The van der Waals surface area contributed by atoms with Gasteiger partial charge in [-0.2, -0.15) is 0 Å². The van der Waals surface area contributed by atoms with Gasteiger partial charge in [-0.3, -0.25) is 0 Å². The van der Waals surface area contributed by atoms with Gasteiger partial charge in [-0.25, -0.2) is 8.78 Å². The first-order valence-corrected chi connectivity index (χ1v) is 8.14. The highest BCUT2D eigenvalue weighted by atomic mass is 19.3. The third-order valence-corrected chi connectivity index (χ3v) is 4.48. The van der Waals surface area contributed by atoms with Gasteiger partial charge in [0.05, 0.1) is 0 Å². The first kappa shape index (κ1) is 18.9. The standard InChI is InChI=1S/C9H18F2.C8H16/c1-7(2)8(3)5-6-9(4,10)11;1-2-8-6-4-3-5-7-8/h7-8H,5-6H2,1-4H3;8H,2-7H2,1H3. The van der Waals surface area contributed by atoms with Gasteiger partial charge >= 0.3 is 0 Å². The van der Waals surface area contributed by atoms with Gasteiger partial charge < -0.3 is 0 Å². The lowest BCUT2D eigenvalue weighted by atomic mass is 9.88. The molecule has 0 aliphatic heterocycles. The second kappa shape index (κ2) is 9.72. The number of hydrogen-bond donors (Lipinski definition) is 0. The Bertz CT molecular complexity index is 200. The minimum Gasteiger partial charge on any atom is -0.207 e. The van der Waals surface area contributed by atoms with Crippen molar-refractivity contribution in [2.24, 2.45) is 17.8 Å². The smallest absolute Gasteiger partial charge is 0.207 e. The van der Waals surface area contributed by atoms with Crippen LogP contribution in [0.2, 0.25) is 0 Å². The maximum Gasteiger partial charge on any atom is 0.245 e. The van der Waals surface area contributed by atoms with Gasteiger partial charge in [0.25, 0.3) is 0 Å². The van der Waals surface area contributed by atoms with Gasteiger partial charge in [0.1, 0.15) is 0 Å². The lowest BCUT2D eigenvalue weighted by Gasteiger charge is -2.18. The Labute approximate surface area is 119 Å². The van der Waals surface area contributed by atoms with E-state index in [0.29, 0.717) is 18.3 Å². The summed E-state index contributed by atoms with van der Waals surface area (Å²) in [4.78, 5) is 0. The minimum absolute atomic E-state index is 0.0202. The quantitative estimate of drug-likeness (QED) is 0.524. The lowest BCUT2D eigenvalue weighted by molar-refractivity contribution is 0.00561. The zero-order valence-corrected chi connectivity index (χ0v) is 13.6. The molecule has 1 aliphatic carbocycles. The van der Waals surface area contributed by atoms with Crippen LogP contribution in [-0.2, 0) is 0 Å². The number of rotatable bonds is 5. The SMILES string of the molecule is CC(C)C(C)CCC(C)(F)F.CCC1CCCCC1. The summed E-state index contributed by atoms with van der Waals surface area (Å²) < 4.78 is 24.7. The molecule has 0 aromatic carbocycles. The molecule has 0 amide bonds. The number of hydrogen-bond acceptors (Lipinski definition) is 0. The Morgan fingerprint density at radius 1 is 1.05 bits per heavy atom. The summed E-state index contributed by atoms with van der Waals surface area (Å²) in [6.07, 6.45) is 9.58. The molecule has 0 aromatic rings. The van der Waals surface area contributed by atoms with Crippen molar-refractivity contribution >= 4 is 0 Å². The van der Waals surface area contributed by atoms with Crippen molar-refractivity contribution in [2.75, 3.05) is 0 Å². The topological polar surface area (TPSA) is 0 Å². The Morgan fingerprint density at radius 2 is 1.58 bits per heavy atom. The summed E-state index contributed by atoms with van der Waals surface area (Å²) in [5.74, 6) is -0.481. The van der Waals surface area contributed by atoms with Crippen LogP contribution in [0.5, 0.6) is 0 Å². The molecule has 0 nitrogen and oxygen atoms in total. The monoisotopic (exact) mass is 276 g/mol. The van der Waals surface area contributed by atoms with Crippen molar-refractivity contribution in [3.63, 3.8) is 0 Å². The van der Waals surface area contributed by atoms with Crippen LogP contribution in [0.25, 0.3) is 0 Å². The third kappa shape index (κ3) is 11.4. The maximum absolute atomic E-state index is 12.3. The molecule has 0 saturated heterocycles. The predicted octanol–water partition coefficient (Wildman–Crippen LogP) is 6.69. The lowest BCUT2D eigenvalue weighted by Crippen LogP contribution is -2.13. The van der Waals surface area contributed by atoms with E-state index in [0.717, 1.165) is 12.8 Å². The van der Waals surface area contributed by atoms with Gasteiger partial charge in [-0.05, 0) is 31.1 Å². The van der Waals surface area contributed by atoms with E-state index in [1.54, 1.807) is 0 Å². The zero-order valence-electron chi connectivity index (χ0n) is 13.6. The van der Waals surface area contributed by atoms with E-state index in [2.05, 4.69) is 20.8 Å². The molecule has 0 aromatic heterocycles. The van der Waals surface area contributed by atoms with Crippen molar-refractivity contribution in [1.29, 1.82) is 0 Å². The fourth-order valence-electron chi connectivity index (χ4n) is 2.41. The Morgan fingerprint density at radius 3 is 1.89 bits per heavy atom. The van der Waals surface area contributed by atoms with Crippen LogP contribution in [0.3, 0.4) is 0 Å². The first-order valence-electron chi connectivity index (χ1n) is 8.14. The minimum atomic E-state index is -2.48. The fraction of sp³-hybridized carbons (Fsp3) is 1.00. The predicted molar refractivity (Wildman–Crippen MR) is 80.7 cm³/mol. The van der Waals surface area contributed by atoms with Crippen LogP contribution in [0.15, 0.2) is 0 Å². The largest absolute Gasteiger partial charge is 0.245 e. The number of halogens is 2. The Hall–Kier alpha value is -0.140.